The quantitative estimate of drug-likeness (QED) is 0.342. The molecule has 0 saturated carbocycles. The molecule has 8 heteroatoms. The third-order valence-corrected chi connectivity index (χ3v) is 2.31. The zero-order chi connectivity index (χ0) is 14.6. The van der Waals surface area contributed by atoms with Crippen LogP contribution < -0.4 is 11.1 Å². The van der Waals surface area contributed by atoms with Crippen LogP contribution in [0.25, 0.3) is 0 Å². The van der Waals surface area contributed by atoms with Gasteiger partial charge in [0.2, 0.25) is 5.91 Å². The second kappa shape index (κ2) is 5.59. The molecule has 0 aliphatic heterocycles. The average Bonchev–Trinajstić information content (AvgIpc) is 2.36. The molecule has 0 saturated heterocycles. The van der Waals surface area contributed by atoms with Crippen molar-refractivity contribution in [2.24, 2.45) is 10.9 Å². The van der Waals surface area contributed by atoms with Gasteiger partial charge in [-0.3, -0.25) is 4.79 Å². The Bertz CT molecular complexity index is 512. The van der Waals surface area contributed by atoms with Gasteiger partial charge < -0.3 is 16.3 Å². The zero-order valence-corrected chi connectivity index (χ0v) is 9.95. The standard InChI is InChI=1S/C11H12F3N3O2/c1-2-9(18)16-6-3-4-7(10(15)17-19)8(5-6)11(12,13)14/h3-5,19H,2H2,1H3,(H2,15,17)(H,16,18). The minimum absolute atomic E-state index is 0.00587. The fourth-order valence-electron chi connectivity index (χ4n) is 1.38. The number of anilines is 1. The van der Waals surface area contributed by atoms with Crippen LogP contribution in [0.5, 0.6) is 0 Å². The molecule has 1 rings (SSSR count). The number of halogens is 3. The zero-order valence-electron chi connectivity index (χ0n) is 9.95. The van der Waals surface area contributed by atoms with Gasteiger partial charge in [0.15, 0.2) is 5.84 Å². The number of carbonyl (C=O) groups is 1. The smallest absolute Gasteiger partial charge is 0.409 e. The summed E-state index contributed by atoms with van der Waals surface area (Å²) in [7, 11) is 0. The molecule has 0 aliphatic rings. The van der Waals surface area contributed by atoms with E-state index in [1.54, 1.807) is 6.92 Å². The Labute approximate surface area is 106 Å². The van der Waals surface area contributed by atoms with Gasteiger partial charge in [-0.1, -0.05) is 12.1 Å². The Morgan fingerprint density at radius 2 is 2.11 bits per heavy atom. The fourth-order valence-corrected chi connectivity index (χ4v) is 1.38. The number of oxime groups is 1. The number of nitrogens with one attached hydrogen (secondary N) is 1. The lowest BCUT2D eigenvalue weighted by Gasteiger charge is -2.14. The molecule has 1 amide bonds. The molecule has 1 aromatic carbocycles. The number of alkyl halides is 3. The van der Waals surface area contributed by atoms with E-state index in [0.717, 1.165) is 12.1 Å². The molecule has 104 valence electrons. The molecule has 0 unspecified atom stereocenters. The van der Waals surface area contributed by atoms with Gasteiger partial charge in [0.05, 0.1) is 5.56 Å². The van der Waals surface area contributed by atoms with E-state index in [1.807, 2.05) is 0 Å². The van der Waals surface area contributed by atoms with Crippen LogP contribution in [0.1, 0.15) is 24.5 Å². The lowest BCUT2D eigenvalue weighted by Crippen LogP contribution is -2.20. The number of hydrogen-bond donors (Lipinski definition) is 3. The summed E-state index contributed by atoms with van der Waals surface area (Å²) in [6.07, 6.45) is -4.54. The molecule has 0 radical (unpaired) electrons. The normalized spacial score (nSPS) is 12.3. The highest BCUT2D eigenvalue weighted by Crippen LogP contribution is 2.33. The third-order valence-electron chi connectivity index (χ3n) is 2.31. The van der Waals surface area contributed by atoms with Gasteiger partial charge >= 0.3 is 6.18 Å². The summed E-state index contributed by atoms with van der Waals surface area (Å²) >= 11 is 0. The molecule has 0 heterocycles. The third kappa shape index (κ3) is 3.60. The van der Waals surface area contributed by atoms with Crippen LogP contribution in [0, 0.1) is 0 Å². The van der Waals surface area contributed by atoms with E-state index < -0.39 is 29.0 Å². The van der Waals surface area contributed by atoms with Crippen molar-refractivity contribution in [3.63, 3.8) is 0 Å². The van der Waals surface area contributed by atoms with Crippen LogP contribution in [0.4, 0.5) is 18.9 Å². The summed E-state index contributed by atoms with van der Waals surface area (Å²) in [4.78, 5) is 11.1. The van der Waals surface area contributed by atoms with Crippen molar-refractivity contribution in [2.45, 2.75) is 19.5 Å². The maximum atomic E-state index is 12.8. The van der Waals surface area contributed by atoms with Gasteiger partial charge in [0, 0.05) is 17.7 Å². The van der Waals surface area contributed by atoms with Crippen LogP contribution in [-0.2, 0) is 11.0 Å². The predicted octanol–water partition coefficient (Wildman–Crippen LogP) is 2.15. The van der Waals surface area contributed by atoms with Crippen molar-refractivity contribution in [2.75, 3.05) is 5.32 Å². The summed E-state index contributed by atoms with van der Waals surface area (Å²) in [5.41, 5.74) is 3.64. The number of nitrogens with two attached hydrogens (primary N) is 1. The van der Waals surface area contributed by atoms with E-state index in [0.29, 0.717) is 0 Å². The largest absolute Gasteiger partial charge is 0.417 e. The molecule has 0 bridgehead atoms. The molecular formula is C11H12F3N3O2. The fraction of sp³-hybridized carbons (Fsp3) is 0.273. The highest BCUT2D eigenvalue weighted by atomic mass is 19.4. The first-order valence-electron chi connectivity index (χ1n) is 5.28. The number of hydrogen-bond acceptors (Lipinski definition) is 3. The molecule has 0 aromatic heterocycles. The average molecular weight is 275 g/mol. The van der Waals surface area contributed by atoms with E-state index in [4.69, 9.17) is 10.9 Å². The molecule has 4 N–H and O–H groups in total. The topological polar surface area (TPSA) is 87.7 Å². The number of nitrogens with zero attached hydrogens (tertiary/aromatic N) is 1. The van der Waals surface area contributed by atoms with E-state index in [2.05, 4.69) is 10.5 Å². The van der Waals surface area contributed by atoms with Crippen molar-refractivity contribution < 1.29 is 23.2 Å². The molecule has 1 aromatic rings. The number of carbonyl (C=O) groups excluding carboxylic acids is 1. The summed E-state index contributed by atoms with van der Waals surface area (Å²) < 4.78 is 38.5. The Balaban J connectivity index is 3.28. The monoisotopic (exact) mass is 275 g/mol. The highest BCUT2D eigenvalue weighted by molar-refractivity contribution is 5.99. The van der Waals surface area contributed by atoms with Gasteiger partial charge in [-0.25, -0.2) is 0 Å². The lowest BCUT2D eigenvalue weighted by atomic mass is 10.0. The molecule has 0 fully saturated rings. The molecule has 19 heavy (non-hydrogen) atoms. The minimum Gasteiger partial charge on any atom is -0.409 e. The van der Waals surface area contributed by atoms with Gasteiger partial charge in [-0.2, -0.15) is 13.2 Å². The van der Waals surface area contributed by atoms with Crippen LogP contribution in [0.2, 0.25) is 0 Å². The van der Waals surface area contributed by atoms with Gasteiger partial charge in [-0.05, 0) is 18.2 Å². The van der Waals surface area contributed by atoms with E-state index in [9.17, 15) is 18.0 Å². The first kappa shape index (κ1) is 14.8. The predicted molar refractivity (Wildman–Crippen MR) is 62.9 cm³/mol. The second-order valence-electron chi connectivity index (χ2n) is 3.65. The maximum absolute atomic E-state index is 12.8. The molecule has 0 spiro atoms. The number of amides is 1. The Hall–Kier alpha value is -2.25. The van der Waals surface area contributed by atoms with Crippen molar-refractivity contribution in [3.05, 3.63) is 29.3 Å². The number of rotatable bonds is 3. The molecule has 0 aliphatic carbocycles. The molecule has 5 nitrogen and oxygen atoms in total. The van der Waals surface area contributed by atoms with E-state index >= 15 is 0 Å². The maximum Gasteiger partial charge on any atom is 0.417 e. The summed E-state index contributed by atoms with van der Waals surface area (Å²) in [5, 5.41) is 13.3. The molecule has 0 atom stereocenters. The Morgan fingerprint density at radius 3 is 2.58 bits per heavy atom. The van der Waals surface area contributed by atoms with Crippen molar-refractivity contribution in [1.82, 2.24) is 0 Å². The van der Waals surface area contributed by atoms with Crippen LogP contribution in [0.3, 0.4) is 0 Å². The minimum atomic E-state index is -4.68. The summed E-state index contributed by atoms with van der Waals surface area (Å²) in [5.74, 6) is -1.06. The lowest BCUT2D eigenvalue weighted by molar-refractivity contribution is -0.137. The SMILES string of the molecule is CCC(=O)Nc1ccc(C(N)=NO)c(C(F)(F)F)c1. The Morgan fingerprint density at radius 1 is 1.47 bits per heavy atom. The highest BCUT2D eigenvalue weighted by Gasteiger charge is 2.34. The van der Waals surface area contributed by atoms with Gasteiger partial charge in [0.1, 0.15) is 0 Å². The summed E-state index contributed by atoms with van der Waals surface area (Å²) in [6, 6.07) is 3.01. The van der Waals surface area contributed by atoms with Crippen LogP contribution >= 0.6 is 0 Å². The van der Waals surface area contributed by atoms with Crippen molar-refractivity contribution >= 4 is 17.4 Å². The van der Waals surface area contributed by atoms with E-state index in [-0.39, 0.29) is 12.1 Å². The first-order chi connectivity index (χ1) is 8.79. The molecular weight excluding hydrogens is 263 g/mol. The summed E-state index contributed by atoms with van der Waals surface area (Å²) in [6.45, 7) is 1.57. The van der Waals surface area contributed by atoms with Crippen molar-refractivity contribution in [1.29, 1.82) is 0 Å². The van der Waals surface area contributed by atoms with Crippen LogP contribution in [-0.4, -0.2) is 17.0 Å². The van der Waals surface area contributed by atoms with E-state index in [1.165, 1.54) is 6.07 Å². The van der Waals surface area contributed by atoms with Crippen molar-refractivity contribution in [3.8, 4) is 0 Å². The van der Waals surface area contributed by atoms with Gasteiger partial charge in [-0.15, -0.1) is 0 Å². The first-order valence-corrected chi connectivity index (χ1v) is 5.28. The number of benzene rings is 1. The van der Waals surface area contributed by atoms with Crippen LogP contribution in [0.15, 0.2) is 23.4 Å². The second-order valence-corrected chi connectivity index (χ2v) is 3.65. The van der Waals surface area contributed by atoms with Gasteiger partial charge in [0.25, 0.3) is 0 Å². The number of amidine groups is 1. The Kier molecular flexibility index (Phi) is 4.36.